The average molecular weight is 357 g/mol. The van der Waals surface area contributed by atoms with E-state index in [-0.39, 0.29) is 23.1 Å². The van der Waals surface area contributed by atoms with Gasteiger partial charge in [-0.1, -0.05) is 31.9 Å². The van der Waals surface area contributed by atoms with Crippen molar-refractivity contribution in [3.05, 3.63) is 46.3 Å². The third kappa shape index (κ3) is 3.95. The third-order valence-corrected chi connectivity index (χ3v) is 4.93. The number of esters is 1. The minimum atomic E-state index is -0.964. The van der Waals surface area contributed by atoms with Crippen LogP contribution in [0.5, 0.6) is 0 Å². The van der Waals surface area contributed by atoms with E-state index in [1.165, 1.54) is 13.3 Å². The number of hydrogen-bond acceptors (Lipinski definition) is 5. The molecule has 1 aromatic heterocycles. The zero-order chi connectivity index (χ0) is 18.7. The number of carbonyl (C=O) groups is 2. The number of amides is 1. The molecule has 1 aliphatic carbocycles. The lowest BCUT2D eigenvalue weighted by atomic mass is 9.86. The van der Waals surface area contributed by atoms with Gasteiger partial charge in [0.1, 0.15) is 5.58 Å². The monoisotopic (exact) mass is 357 g/mol. The number of para-hydroxylation sites is 1. The molecule has 0 radical (unpaired) electrons. The van der Waals surface area contributed by atoms with Crippen molar-refractivity contribution in [1.29, 1.82) is 0 Å². The molecule has 6 heteroatoms. The maximum atomic E-state index is 12.3. The second-order valence-electron chi connectivity index (χ2n) is 6.90. The van der Waals surface area contributed by atoms with Gasteiger partial charge in [-0.25, -0.2) is 4.79 Å². The van der Waals surface area contributed by atoms with Gasteiger partial charge in [0.25, 0.3) is 5.91 Å². The van der Waals surface area contributed by atoms with Crippen molar-refractivity contribution in [1.82, 2.24) is 5.32 Å². The molecule has 1 fully saturated rings. The summed E-state index contributed by atoms with van der Waals surface area (Å²) < 4.78 is 10.6. The van der Waals surface area contributed by atoms with Crippen LogP contribution in [0.2, 0.25) is 0 Å². The van der Waals surface area contributed by atoms with Crippen LogP contribution in [0, 0.1) is 5.92 Å². The summed E-state index contributed by atoms with van der Waals surface area (Å²) >= 11 is 0. The molecule has 1 aromatic carbocycles. The first-order valence-electron chi connectivity index (χ1n) is 9.00. The first-order valence-corrected chi connectivity index (χ1v) is 9.00. The van der Waals surface area contributed by atoms with Gasteiger partial charge in [0, 0.05) is 12.1 Å². The van der Waals surface area contributed by atoms with Crippen LogP contribution in [0.25, 0.3) is 11.0 Å². The van der Waals surface area contributed by atoms with Crippen LogP contribution in [0.15, 0.2) is 39.5 Å². The SMILES string of the molecule is C[C@@H]1CCCC[C@H]1NC(=O)[C@@H](C)OC(=O)c1cc(=O)c2ccccc2o1. The molecular formula is C20H23NO5. The summed E-state index contributed by atoms with van der Waals surface area (Å²) in [6, 6.07) is 7.86. The van der Waals surface area contributed by atoms with Crippen molar-refractivity contribution in [2.45, 2.75) is 51.7 Å². The highest BCUT2D eigenvalue weighted by Crippen LogP contribution is 2.23. The minimum absolute atomic E-state index is 0.107. The van der Waals surface area contributed by atoms with Crippen LogP contribution in [0.4, 0.5) is 0 Å². The van der Waals surface area contributed by atoms with E-state index in [1.54, 1.807) is 24.3 Å². The molecule has 1 N–H and O–H groups in total. The Morgan fingerprint density at radius 1 is 1.23 bits per heavy atom. The van der Waals surface area contributed by atoms with Gasteiger partial charge in [0.05, 0.1) is 5.39 Å². The van der Waals surface area contributed by atoms with Gasteiger partial charge >= 0.3 is 5.97 Å². The maximum Gasteiger partial charge on any atom is 0.375 e. The van der Waals surface area contributed by atoms with E-state index in [1.807, 2.05) is 0 Å². The first kappa shape index (κ1) is 18.2. The molecule has 1 heterocycles. The fourth-order valence-corrected chi connectivity index (χ4v) is 3.31. The molecule has 138 valence electrons. The van der Waals surface area contributed by atoms with E-state index in [0.29, 0.717) is 16.9 Å². The van der Waals surface area contributed by atoms with Crippen LogP contribution in [0.3, 0.4) is 0 Å². The second kappa shape index (κ2) is 7.72. The topological polar surface area (TPSA) is 85.6 Å². The highest BCUT2D eigenvalue weighted by molar-refractivity contribution is 5.91. The van der Waals surface area contributed by atoms with Gasteiger partial charge in [0.15, 0.2) is 11.5 Å². The Morgan fingerprint density at radius 3 is 2.73 bits per heavy atom. The van der Waals surface area contributed by atoms with Crippen molar-refractivity contribution >= 4 is 22.8 Å². The quantitative estimate of drug-likeness (QED) is 0.850. The normalized spacial score (nSPS) is 21.2. The summed E-state index contributed by atoms with van der Waals surface area (Å²) in [5.74, 6) is -0.957. The second-order valence-corrected chi connectivity index (χ2v) is 6.90. The molecule has 1 amide bonds. The van der Waals surface area contributed by atoms with Crippen LogP contribution < -0.4 is 10.7 Å². The fourth-order valence-electron chi connectivity index (χ4n) is 3.31. The maximum absolute atomic E-state index is 12.3. The van der Waals surface area contributed by atoms with E-state index in [0.717, 1.165) is 25.3 Å². The largest absolute Gasteiger partial charge is 0.449 e. The van der Waals surface area contributed by atoms with Gasteiger partial charge in [-0.2, -0.15) is 0 Å². The lowest BCUT2D eigenvalue weighted by molar-refractivity contribution is -0.130. The molecule has 0 spiro atoms. The van der Waals surface area contributed by atoms with E-state index in [2.05, 4.69) is 12.2 Å². The van der Waals surface area contributed by atoms with Gasteiger partial charge in [0.2, 0.25) is 5.76 Å². The molecule has 2 aromatic rings. The standard InChI is InChI=1S/C20H23NO5/c1-12-7-3-5-9-15(12)21-19(23)13(2)25-20(24)18-11-16(22)14-8-4-6-10-17(14)26-18/h4,6,8,10-13,15H,3,5,7,9H2,1-2H3,(H,21,23)/t12-,13-,15-/m1/s1. The van der Waals surface area contributed by atoms with Crippen molar-refractivity contribution < 1.29 is 18.7 Å². The van der Waals surface area contributed by atoms with Gasteiger partial charge in [-0.05, 0) is 37.8 Å². The number of carbonyl (C=O) groups excluding carboxylic acids is 2. The predicted molar refractivity (Wildman–Crippen MR) is 96.9 cm³/mol. The summed E-state index contributed by atoms with van der Waals surface area (Å²) in [7, 11) is 0. The highest BCUT2D eigenvalue weighted by Gasteiger charge is 2.27. The molecule has 0 saturated heterocycles. The first-order chi connectivity index (χ1) is 12.5. The molecule has 0 unspecified atom stereocenters. The van der Waals surface area contributed by atoms with Gasteiger partial charge in [-0.3, -0.25) is 9.59 Å². The van der Waals surface area contributed by atoms with Gasteiger partial charge in [-0.15, -0.1) is 0 Å². The molecule has 6 nitrogen and oxygen atoms in total. The van der Waals surface area contributed by atoms with E-state index < -0.39 is 12.1 Å². The minimum Gasteiger partial charge on any atom is -0.449 e. The molecule has 3 atom stereocenters. The average Bonchev–Trinajstić information content (AvgIpc) is 2.63. The van der Waals surface area contributed by atoms with Crippen LogP contribution >= 0.6 is 0 Å². The summed E-state index contributed by atoms with van der Waals surface area (Å²) in [5, 5.41) is 3.35. The molecule has 1 aliphatic rings. The molecule has 1 saturated carbocycles. The van der Waals surface area contributed by atoms with Crippen molar-refractivity contribution in [2.75, 3.05) is 0 Å². The van der Waals surface area contributed by atoms with Crippen molar-refractivity contribution in [2.24, 2.45) is 5.92 Å². The van der Waals surface area contributed by atoms with Crippen molar-refractivity contribution in [3.63, 3.8) is 0 Å². The number of fused-ring (bicyclic) bond motifs is 1. The van der Waals surface area contributed by atoms with E-state index >= 15 is 0 Å². The number of nitrogens with one attached hydrogen (secondary N) is 1. The number of benzene rings is 1. The predicted octanol–water partition coefficient (Wildman–Crippen LogP) is 3.03. The Morgan fingerprint density at radius 2 is 1.96 bits per heavy atom. The molecule has 0 bridgehead atoms. The number of ether oxygens (including phenoxy) is 1. The summed E-state index contributed by atoms with van der Waals surface area (Å²) in [5.41, 5.74) is -0.0213. The Hall–Kier alpha value is -2.63. The zero-order valence-corrected chi connectivity index (χ0v) is 15.0. The molecule has 3 rings (SSSR count). The lowest BCUT2D eigenvalue weighted by Crippen LogP contribution is -2.46. The summed E-state index contributed by atoms with van der Waals surface area (Å²) in [6.45, 7) is 3.63. The van der Waals surface area contributed by atoms with Crippen LogP contribution in [-0.2, 0) is 9.53 Å². The summed E-state index contributed by atoms with van der Waals surface area (Å²) in [6.07, 6.45) is 3.33. The number of rotatable bonds is 4. The number of hydrogen-bond donors (Lipinski definition) is 1. The lowest BCUT2D eigenvalue weighted by Gasteiger charge is -2.30. The smallest absolute Gasteiger partial charge is 0.375 e. The third-order valence-electron chi connectivity index (χ3n) is 4.93. The molecular weight excluding hydrogens is 334 g/mol. The zero-order valence-electron chi connectivity index (χ0n) is 15.0. The van der Waals surface area contributed by atoms with Gasteiger partial charge < -0.3 is 14.5 Å². The Bertz CT molecular complexity index is 872. The Balaban J connectivity index is 1.67. The molecule has 26 heavy (non-hydrogen) atoms. The van der Waals surface area contributed by atoms with Crippen LogP contribution in [-0.4, -0.2) is 24.0 Å². The fraction of sp³-hybridized carbons (Fsp3) is 0.450. The van der Waals surface area contributed by atoms with Crippen molar-refractivity contribution in [3.8, 4) is 0 Å². The van der Waals surface area contributed by atoms with Crippen LogP contribution in [0.1, 0.15) is 50.1 Å². The Labute approximate surface area is 151 Å². The van der Waals surface area contributed by atoms with E-state index in [4.69, 9.17) is 9.15 Å². The highest BCUT2D eigenvalue weighted by atomic mass is 16.6. The van der Waals surface area contributed by atoms with E-state index in [9.17, 15) is 14.4 Å². The summed E-state index contributed by atoms with van der Waals surface area (Å²) in [4.78, 5) is 36.7. The Kier molecular flexibility index (Phi) is 5.40. The molecule has 0 aliphatic heterocycles.